The zero-order valence-electron chi connectivity index (χ0n) is 15.5. The number of carbonyl (C=O) groups excluding carboxylic acids is 1. The van der Waals surface area contributed by atoms with Gasteiger partial charge in [0.05, 0.1) is 6.21 Å². The lowest BCUT2D eigenvalue weighted by molar-refractivity contribution is -0.132. The summed E-state index contributed by atoms with van der Waals surface area (Å²) in [5.41, 5.74) is 5.20. The monoisotopic (exact) mass is 349 g/mol. The van der Waals surface area contributed by atoms with E-state index in [0.717, 1.165) is 33.3 Å². The number of H-pyrrole nitrogens is 1. The van der Waals surface area contributed by atoms with Crippen molar-refractivity contribution in [1.82, 2.24) is 9.99 Å². The quantitative estimate of drug-likeness (QED) is 0.560. The fraction of sp³-hybridized carbons (Fsp3) is 0.238. The molecular weight excluding hydrogens is 326 g/mol. The largest absolute Gasteiger partial charge is 0.483 e. The summed E-state index contributed by atoms with van der Waals surface area (Å²) in [5.74, 6) is 0.556. The molecule has 0 saturated heterocycles. The number of aromatic amines is 1. The summed E-state index contributed by atoms with van der Waals surface area (Å²) >= 11 is 0. The molecule has 1 heterocycles. The Kier molecular flexibility index (Phi) is 5.07. The topological polar surface area (TPSA) is 57.7 Å². The van der Waals surface area contributed by atoms with Gasteiger partial charge in [-0.15, -0.1) is 0 Å². The summed E-state index contributed by atoms with van der Waals surface area (Å²) in [5, 5.41) is 6.67. The Morgan fingerprint density at radius 1 is 1.15 bits per heavy atom. The summed E-state index contributed by atoms with van der Waals surface area (Å²) in [6.45, 7) is 5.97. The van der Waals surface area contributed by atoms with Crippen molar-refractivity contribution < 1.29 is 9.53 Å². The van der Waals surface area contributed by atoms with Gasteiger partial charge in [-0.1, -0.05) is 29.8 Å². The molecule has 26 heavy (non-hydrogen) atoms. The molecule has 0 radical (unpaired) electrons. The van der Waals surface area contributed by atoms with Crippen LogP contribution in [0.25, 0.3) is 10.9 Å². The van der Waals surface area contributed by atoms with Crippen molar-refractivity contribution in [3.8, 4) is 5.75 Å². The number of rotatable bonds is 5. The van der Waals surface area contributed by atoms with Gasteiger partial charge in [0.15, 0.2) is 6.61 Å². The summed E-state index contributed by atoms with van der Waals surface area (Å²) in [6.07, 6.45) is 3.56. The Hall–Kier alpha value is -3.08. The first-order valence-corrected chi connectivity index (χ1v) is 8.52. The van der Waals surface area contributed by atoms with Gasteiger partial charge in [-0.2, -0.15) is 5.10 Å². The van der Waals surface area contributed by atoms with Gasteiger partial charge in [-0.3, -0.25) is 4.79 Å². The normalized spacial score (nSPS) is 11.2. The highest BCUT2D eigenvalue weighted by molar-refractivity contribution is 5.89. The molecule has 0 spiro atoms. The van der Waals surface area contributed by atoms with Crippen LogP contribution in [0.5, 0.6) is 5.75 Å². The molecular formula is C21H23N3O2. The fourth-order valence-electron chi connectivity index (χ4n) is 2.99. The van der Waals surface area contributed by atoms with Crippen LogP contribution in [0.15, 0.2) is 47.7 Å². The fourth-order valence-corrected chi connectivity index (χ4v) is 2.99. The molecule has 0 aliphatic rings. The second-order valence-electron chi connectivity index (χ2n) is 6.50. The molecule has 3 aromatic rings. The SMILES string of the molecule is Cc1cc(C)c(OCC(=O)N(C)/N=C/c2ccc3cc[nH]c3c2)c(C)c1. The molecule has 134 valence electrons. The Morgan fingerprint density at radius 2 is 1.88 bits per heavy atom. The Balaban J connectivity index is 1.62. The molecule has 0 unspecified atom stereocenters. The van der Waals surface area contributed by atoms with Gasteiger partial charge in [-0.25, -0.2) is 5.01 Å². The third-order valence-corrected chi connectivity index (χ3v) is 4.26. The van der Waals surface area contributed by atoms with Crippen LogP contribution in [-0.2, 0) is 4.79 Å². The predicted molar refractivity (Wildman–Crippen MR) is 105 cm³/mol. The summed E-state index contributed by atoms with van der Waals surface area (Å²) in [4.78, 5) is 15.4. The Labute approximate surface area is 153 Å². The summed E-state index contributed by atoms with van der Waals surface area (Å²) in [7, 11) is 1.63. The molecule has 0 atom stereocenters. The van der Waals surface area contributed by atoms with Crippen molar-refractivity contribution in [1.29, 1.82) is 0 Å². The second kappa shape index (κ2) is 7.44. The number of carbonyl (C=O) groups is 1. The first kappa shape index (κ1) is 17.7. The molecule has 5 heteroatoms. The average Bonchev–Trinajstić information content (AvgIpc) is 3.06. The van der Waals surface area contributed by atoms with E-state index in [0.29, 0.717) is 0 Å². The maximum atomic E-state index is 12.3. The van der Waals surface area contributed by atoms with E-state index >= 15 is 0 Å². The van der Waals surface area contributed by atoms with Crippen LogP contribution in [0, 0.1) is 20.8 Å². The van der Waals surface area contributed by atoms with E-state index in [1.54, 1.807) is 13.3 Å². The lowest BCUT2D eigenvalue weighted by Crippen LogP contribution is -2.27. The number of nitrogens with zero attached hydrogens (tertiary/aromatic N) is 2. The number of benzene rings is 2. The maximum Gasteiger partial charge on any atom is 0.280 e. The van der Waals surface area contributed by atoms with E-state index in [4.69, 9.17) is 4.74 Å². The van der Waals surface area contributed by atoms with Crippen LogP contribution < -0.4 is 4.74 Å². The molecule has 0 bridgehead atoms. The number of aryl methyl sites for hydroxylation is 3. The lowest BCUT2D eigenvalue weighted by Gasteiger charge is -2.15. The van der Waals surface area contributed by atoms with Gasteiger partial charge < -0.3 is 9.72 Å². The standard InChI is InChI=1S/C21H23N3O2/c1-14-9-15(2)21(16(3)10-14)26-13-20(25)24(4)23-12-17-5-6-18-7-8-22-19(18)11-17/h5-12,22H,13H2,1-4H3/b23-12+. The van der Waals surface area contributed by atoms with Crippen LogP contribution in [0.1, 0.15) is 22.3 Å². The Morgan fingerprint density at radius 3 is 2.62 bits per heavy atom. The van der Waals surface area contributed by atoms with E-state index in [9.17, 15) is 4.79 Å². The van der Waals surface area contributed by atoms with Gasteiger partial charge in [0, 0.05) is 18.8 Å². The molecule has 2 aromatic carbocycles. The van der Waals surface area contributed by atoms with Gasteiger partial charge in [-0.05, 0) is 55.0 Å². The number of fused-ring (bicyclic) bond motifs is 1. The van der Waals surface area contributed by atoms with Crippen LogP contribution in [0.4, 0.5) is 0 Å². The van der Waals surface area contributed by atoms with Gasteiger partial charge in [0.1, 0.15) is 5.75 Å². The third kappa shape index (κ3) is 3.94. The average molecular weight is 349 g/mol. The number of hydrogen-bond donors (Lipinski definition) is 1. The second-order valence-corrected chi connectivity index (χ2v) is 6.50. The molecule has 0 saturated carbocycles. The highest BCUT2D eigenvalue weighted by Crippen LogP contribution is 2.24. The van der Waals surface area contributed by atoms with E-state index in [1.165, 1.54) is 10.6 Å². The number of ether oxygens (including phenoxy) is 1. The molecule has 1 N–H and O–H groups in total. The van der Waals surface area contributed by atoms with Crippen LogP contribution >= 0.6 is 0 Å². The van der Waals surface area contributed by atoms with Crippen LogP contribution in [-0.4, -0.2) is 35.8 Å². The third-order valence-electron chi connectivity index (χ3n) is 4.26. The van der Waals surface area contributed by atoms with Crippen LogP contribution in [0.3, 0.4) is 0 Å². The first-order valence-electron chi connectivity index (χ1n) is 8.52. The molecule has 3 rings (SSSR count). The molecule has 0 aliphatic heterocycles. The van der Waals surface area contributed by atoms with Gasteiger partial charge in [0.25, 0.3) is 5.91 Å². The van der Waals surface area contributed by atoms with Crippen molar-refractivity contribution >= 4 is 23.0 Å². The molecule has 1 amide bonds. The maximum absolute atomic E-state index is 12.3. The zero-order valence-corrected chi connectivity index (χ0v) is 15.5. The van der Waals surface area contributed by atoms with Gasteiger partial charge >= 0.3 is 0 Å². The minimum atomic E-state index is -0.207. The lowest BCUT2D eigenvalue weighted by atomic mass is 10.1. The van der Waals surface area contributed by atoms with E-state index < -0.39 is 0 Å². The van der Waals surface area contributed by atoms with Crippen LogP contribution in [0.2, 0.25) is 0 Å². The van der Waals surface area contributed by atoms with Crippen molar-refractivity contribution in [2.75, 3.05) is 13.7 Å². The van der Waals surface area contributed by atoms with E-state index in [2.05, 4.69) is 10.1 Å². The van der Waals surface area contributed by atoms with Crippen molar-refractivity contribution in [2.24, 2.45) is 5.10 Å². The zero-order chi connectivity index (χ0) is 18.7. The first-order chi connectivity index (χ1) is 12.4. The number of nitrogens with one attached hydrogen (secondary N) is 1. The molecule has 0 aliphatic carbocycles. The van der Waals surface area contributed by atoms with Crippen molar-refractivity contribution in [3.05, 3.63) is 64.8 Å². The minimum absolute atomic E-state index is 0.0474. The number of hydrogen-bond acceptors (Lipinski definition) is 3. The smallest absolute Gasteiger partial charge is 0.280 e. The van der Waals surface area contributed by atoms with E-state index in [1.807, 2.05) is 63.4 Å². The molecule has 0 fully saturated rings. The number of likely N-dealkylation sites (N-methyl/N-ethyl adjacent to an activating group) is 1. The minimum Gasteiger partial charge on any atom is -0.483 e. The molecule has 5 nitrogen and oxygen atoms in total. The number of aromatic nitrogens is 1. The molecule has 1 aromatic heterocycles. The number of amides is 1. The van der Waals surface area contributed by atoms with E-state index in [-0.39, 0.29) is 12.5 Å². The van der Waals surface area contributed by atoms with Crippen molar-refractivity contribution in [3.63, 3.8) is 0 Å². The highest BCUT2D eigenvalue weighted by Gasteiger charge is 2.11. The van der Waals surface area contributed by atoms with Gasteiger partial charge in [0.2, 0.25) is 0 Å². The summed E-state index contributed by atoms with van der Waals surface area (Å²) < 4.78 is 5.73. The summed E-state index contributed by atoms with van der Waals surface area (Å²) in [6, 6.07) is 12.1. The van der Waals surface area contributed by atoms with Crippen molar-refractivity contribution in [2.45, 2.75) is 20.8 Å². The number of hydrazone groups is 1. The Bertz CT molecular complexity index is 949. The highest BCUT2D eigenvalue weighted by atomic mass is 16.5. The predicted octanol–water partition coefficient (Wildman–Crippen LogP) is 3.96.